The normalized spacial score (nSPS) is 11.0. The second kappa shape index (κ2) is 7.73. The molecule has 134 valence electrons. The first-order valence-electron chi connectivity index (χ1n) is 7.40. The van der Waals surface area contributed by atoms with E-state index in [9.17, 15) is 18.0 Å². The van der Waals surface area contributed by atoms with Crippen molar-refractivity contribution in [3.05, 3.63) is 47.5 Å². The van der Waals surface area contributed by atoms with E-state index in [1.54, 1.807) is 19.1 Å². The average molecular weight is 354 g/mol. The topological polar surface area (TPSA) is 89.3 Å². The highest BCUT2D eigenvalue weighted by Gasteiger charge is 2.29. The van der Waals surface area contributed by atoms with Crippen molar-refractivity contribution in [2.24, 2.45) is 0 Å². The van der Waals surface area contributed by atoms with E-state index in [1.807, 2.05) is 0 Å². The van der Waals surface area contributed by atoms with Gasteiger partial charge in [-0.3, -0.25) is 5.32 Å². The molecular formula is C16H17F3N4O2. The Morgan fingerprint density at radius 3 is 2.44 bits per heavy atom. The molecule has 0 spiro atoms. The number of nitrogens with zero attached hydrogens (tertiary/aromatic N) is 1. The van der Waals surface area contributed by atoms with Gasteiger partial charge in [-0.15, -0.1) is 0 Å². The number of carbonyl (C=O) groups is 1. The molecule has 9 heteroatoms. The van der Waals surface area contributed by atoms with Gasteiger partial charge in [-0.25, -0.2) is 9.78 Å². The fourth-order valence-electron chi connectivity index (χ4n) is 1.96. The van der Waals surface area contributed by atoms with Gasteiger partial charge in [-0.05, 0) is 36.8 Å². The maximum atomic E-state index is 12.5. The summed E-state index contributed by atoms with van der Waals surface area (Å²) in [6, 6.07) is 7.94. The van der Waals surface area contributed by atoms with Crippen molar-refractivity contribution in [2.75, 3.05) is 23.0 Å². The molecule has 6 nitrogen and oxygen atoms in total. The van der Waals surface area contributed by atoms with E-state index in [-0.39, 0.29) is 19.0 Å². The first-order chi connectivity index (χ1) is 11.8. The molecule has 0 fully saturated rings. The number of nitrogen functional groups attached to an aromatic ring is 1. The lowest BCUT2D eigenvalue weighted by atomic mass is 10.1. The van der Waals surface area contributed by atoms with Gasteiger partial charge >= 0.3 is 12.3 Å². The van der Waals surface area contributed by atoms with Crippen LogP contribution in [0, 0.1) is 0 Å². The summed E-state index contributed by atoms with van der Waals surface area (Å²) in [7, 11) is 0. The molecule has 0 aliphatic heterocycles. The molecule has 0 saturated heterocycles. The Kier molecular flexibility index (Phi) is 5.68. The van der Waals surface area contributed by atoms with Crippen molar-refractivity contribution < 1.29 is 22.7 Å². The number of ether oxygens (including phenoxy) is 1. The van der Waals surface area contributed by atoms with Crippen LogP contribution in [-0.2, 0) is 17.5 Å². The molecule has 2 aromatic rings. The molecule has 1 heterocycles. The number of rotatable bonds is 5. The fourth-order valence-corrected chi connectivity index (χ4v) is 1.96. The zero-order valence-electron chi connectivity index (χ0n) is 13.4. The molecule has 0 atom stereocenters. The van der Waals surface area contributed by atoms with Crippen molar-refractivity contribution >= 4 is 23.4 Å². The van der Waals surface area contributed by atoms with Crippen LogP contribution in [0.2, 0.25) is 0 Å². The van der Waals surface area contributed by atoms with E-state index in [1.165, 1.54) is 12.1 Å². The monoisotopic (exact) mass is 354 g/mol. The van der Waals surface area contributed by atoms with Crippen molar-refractivity contribution in [3.8, 4) is 0 Å². The highest BCUT2D eigenvalue weighted by Crippen LogP contribution is 2.29. The number of aromatic nitrogens is 1. The maximum Gasteiger partial charge on any atom is 0.416 e. The molecule has 2 rings (SSSR count). The maximum absolute atomic E-state index is 12.5. The third kappa shape index (κ3) is 5.27. The number of nitrogens with two attached hydrogens (primary N) is 1. The van der Waals surface area contributed by atoms with Gasteiger partial charge in [0.2, 0.25) is 0 Å². The highest BCUT2D eigenvalue weighted by molar-refractivity contribution is 5.88. The fraction of sp³-hybridized carbons (Fsp3) is 0.250. The Balaban J connectivity index is 1.97. The molecule has 1 aromatic heterocycles. The standard InChI is InChI=1S/C16H17F3N4O2/c1-2-25-15(24)22-12-7-8-13(23-14(12)20)21-9-10-3-5-11(6-4-10)16(17,18)19/h3-8H,2,9H2,1H3,(H,22,24)(H3,20,21,23). The number of halogens is 3. The van der Waals surface area contributed by atoms with Crippen molar-refractivity contribution in [3.63, 3.8) is 0 Å². The Bertz CT molecular complexity index is 733. The average Bonchev–Trinajstić information content (AvgIpc) is 2.55. The molecule has 0 saturated carbocycles. The summed E-state index contributed by atoms with van der Waals surface area (Å²) in [5.41, 5.74) is 6.01. The van der Waals surface area contributed by atoms with Crippen molar-refractivity contribution in [1.82, 2.24) is 4.98 Å². The lowest BCUT2D eigenvalue weighted by molar-refractivity contribution is -0.137. The molecule has 0 unspecified atom stereocenters. The third-order valence-electron chi connectivity index (χ3n) is 3.19. The van der Waals surface area contributed by atoms with E-state index in [0.717, 1.165) is 12.1 Å². The SMILES string of the molecule is CCOC(=O)Nc1ccc(NCc2ccc(C(F)(F)F)cc2)nc1N. The van der Waals surface area contributed by atoms with Crippen LogP contribution in [-0.4, -0.2) is 17.7 Å². The zero-order valence-corrected chi connectivity index (χ0v) is 13.4. The number of nitrogens with one attached hydrogen (secondary N) is 2. The second-order valence-electron chi connectivity index (χ2n) is 5.02. The van der Waals surface area contributed by atoms with Crippen LogP contribution in [0.15, 0.2) is 36.4 Å². The Hall–Kier alpha value is -2.97. The molecular weight excluding hydrogens is 337 g/mol. The third-order valence-corrected chi connectivity index (χ3v) is 3.19. The zero-order chi connectivity index (χ0) is 18.4. The van der Waals surface area contributed by atoms with Gasteiger partial charge < -0.3 is 15.8 Å². The number of pyridine rings is 1. The van der Waals surface area contributed by atoms with E-state index in [4.69, 9.17) is 10.5 Å². The molecule has 25 heavy (non-hydrogen) atoms. The number of carbonyl (C=O) groups excluding carboxylic acids is 1. The van der Waals surface area contributed by atoms with Gasteiger partial charge in [0.1, 0.15) is 11.6 Å². The van der Waals surface area contributed by atoms with E-state index < -0.39 is 17.8 Å². The molecule has 0 aliphatic carbocycles. The van der Waals surface area contributed by atoms with Crippen LogP contribution in [0.5, 0.6) is 0 Å². The number of benzene rings is 1. The summed E-state index contributed by atoms with van der Waals surface area (Å²) in [4.78, 5) is 15.4. The molecule has 0 radical (unpaired) electrons. The first-order valence-corrected chi connectivity index (χ1v) is 7.40. The number of anilines is 3. The molecule has 1 amide bonds. The predicted molar refractivity (Wildman–Crippen MR) is 88.1 cm³/mol. The van der Waals surface area contributed by atoms with Crippen molar-refractivity contribution in [2.45, 2.75) is 19.6 Å². The summed E-state index contributed by atoms with van der Waals surface area (Å²) in [6.45, 7) is 2.18. The summed E-state index contributed by atoms with van der Waals surface area (Å²) in [5.74, 6) is 0.511. The van der Waals surface area contributed by atoms with Crippen LogP contribution in [0.4, 0.5) is 35.3 Å². The van der Waals surface area contributed by atoms with E-state index in [2.05, 4.69) is 15.6 Å². The van der Waals surface area contributed by atoms with E-state index >= 15 is 0 Å². The Labute approximate surface area is 142 Å². The number of hydrogen-bond donors (Lipinski definition) is 3. The van der Waals surface area contributed by atoms with Gasteiger partial charge in [0.05, 0.1) is 17.9 Å². The molecule has 4 N–H and O–H groups in total. The largest absolute Gasteiger partial charge is 0.450 e. The summed E-state index contributed by atoms with van der Waals surface area (Å²) < 4.78 is 42.3. The van der Waals surface area contributed by atoms with Crippen molar-refractivity contribution in [1.29, 1.82) is 0 Å². The lowest BCUT2D eigenvalue weighted by Gasteiger charge is -2.11. The van der Waals surface area contributed by atoms with Gasteiger partial charge in [-0.2, -0.15) is 13.2 Å². The van der Waals surface area contributed by atoms with Crippen LogP contribution in [0.1, 0.15) is 18.1 Å². The summed E-state index contributed by atoms with van der Waals surface area (Å²) in [6.07, 6.45) is -4.99. The first kappa shape index (κ1) is 18.4. The minimum atomic E-state index is -4.36. The van der Waals surface area contributed by atoms with Gasteiger partial charge in [0, 0.05) is 6.54 Å². The van der Waals surface area contributed by atoms with Gasteiger partial charge in [0.25, 0.3) is 0 Å². The van der Waals surface area contributed by atoms with Crippen LogP contribution >= 0.6 is 0 Å². The summed E-state index contributed by atoms with van der Waals surface area (Å²) >= 11 is 0. The highest BCUT2D eigenvalue weighted by atomic mass is 19.4. The van der Waals surface area contributed by atoms with Crippen LogP contribution < -0.4 is 16.4 Å². The van der Waals surface area contributed by atoms with Gasteiger partial charge in [-0.1, -0.05) is 12.1 Å². The Morgan fingerprint density at radius 2 is 1.88 bits per heavy atom. The minimum absolute atomic E-state index is 0.0884. The summed E-state index contributed by atoms with van der Waals surface area (Å²) in [5, 5.41) is 5.40. The molecule has 0 aliphatic rings. The Morgan fingerprint density at radius 1 is 1.20 bits per heavy atom. The smallest absolute Gasteiger partial charge is 0.416 e. The molecule has 0 bridgehead atoms. The van der Waals surface area contributed by atoms with Crippen LogP contribution in [0.3, 0.4) is 0 Å². The second-order valence-corrected chi connectivity index (χ2v) is 5.02. The number of amides is 1. The minimum Gasteiger partial charge on any atom is -0.450 e. The molecule has 1 aromatic carbocycles. The van der Waals surface area contributed by atoms with E-state index in [0.29, 0.717) is 17.1 Å². The quantitative estimate of drug-likeness (QED) is 0.759. The lowest BCUT2D eigenvalue weighted by Crippen LogP contribution is -2.15. The van der Waals surface area contributed by atoms with Crippen LogP contribution in [0.25, 0.3) is 0 Å². The number of alkyl halides is 3. The number of hydrogen-bond acceptors (Lipinski definition) is 5. The van der Waals surface area contributed by atoms with Gasteiger partial charge in [0.15, 0.2) is 0 Å². The predicted octanol–water partition coefficient (Wildman–Crippen LogP) is 3.86.